The first-order valence-corrected chi connectivity index (χ1v) is 6.82. The maximum Gasteiger partial charge on any atom is 0.0758 e. The largest absolute Gasteiger partial charge is 0.398 e. The summed E-state index contributed by atoms with van der Waals surface area (Å²) in [5.41, 5.74) is 10.3. The monoisotopic (exact) mass is 292 g/mol. The van der Waals surface area contributed by atoms with E-state index < -0.39 is 0 Å². The van der Waals surface area contributed by atoms with Crippen LogP contribution in [-0.4, -0.2) is 4.98 Å². The SMILES string of the molecule is CCCc1cc(N)c2cc(Br)cc(CC)c2n1. The Labute approximate surface area is 110 Å². The average Bonchev–Trinajstić information content (AvgIpc) is 2.30. The summed E-state index contributed by atoms with van der Waals surface area (Å²) in [5, 5.41) is 1.05. The molecule has 0 saturated carbocycles. The summed E-state index contributed by atoms with van der Waals surface area (Å²) in [7, 11) is 0. The van der Waals surface area contributed by atoms with Crippen LogP contribution in [0.2, 0.25) is 0 Å². The molecule has 0 fully saturated rings. The number of aromatic nitrogens is 1. The molecule has 1 aromatic heterocycles. The van der Waals surface area contributed by atoms with Gasteiger partial charge in [-0.05, 0) is 36.6 Å². The van der Waals surface area contributed by atoms with E-state index in [1.54, 1.807) is 0 Å². The second kappa shape index (κ2) is 5.05. The minimum Gasteiger partial charge on any atom is -0.398 e. The molecule has 0 unspecified atom stereocenters. The number of benzene rings is 1. The van der Waals surface area contributed by atoms with Crippen LogP contribution in [0, 0.1) is 0 Å². The predicted octanol–water partition coefficient (Wildman–Crippen LogP) is 4.09. The second-order valence-electron chi connectivity index (χ2n) is 4.27. The molecular formula is C14H17BrN2. The summed E-state index contributed by atoms with van der Waals surface area (Å²) in [4.78, 5) is 4.74. The summed E-state index contributed by atoms with van der Waals surface area (Å²) in [6, 6.07) is 6.18. The standard InChI is InChI=1S/C14H17BrN2/c1-3-5-11-8-13(16)12-7-10(15)6-9(4-2)14(12)17-11/h6-8H,3-5H2,1-2H3,(H2,16,17). The van der Waals surface area contributed by atoms with Gasteiger partial charge in [0.15, 0.2) is 0 Å². The number of nitrogen functional groups attached to an aromatic ring is 1. The molecule has 0 bridgehead atoms. The topological polar surface area (TPSA) is 38.9 Å². The molecule has 90 valence electrons. The number of hydrogen-bond acceptors (Lipinski definition) is 2. The number of pyridine rings is 1. The summed E-state index contributed by atoms with van der Waals surface area (Å²) in [6.45, 7) is 4.30. The molecule has 3 heteroatoms. The smallest absolute Gasteiger partial charge is 0.0758 e. The Bertz CT molecular complexity index is 549. The van der Waals surface area contributed by atoms with Gasteiger partial charge in [-0.3, -0.25) is 4.98 Å². The number of halogens is 1. The number of aryl methyl sites for hydroxylation is 2. The number of rotatable bonds is 3. The van der Waals surface area contributed by atoms with E-state index >= 15 is 0 Å². The van der Waals surface area contributed by atoms with Crippen LogP contribution in [0.15, 0.2) is 22.7 Å². The van der Waals surface area contributed by atoms with Crippen molar-refractivity contribution in [3.05, 3.63) is 33.9 Å². The molecule has 0 radical (unpaired) electrons. The highest BCUT2D eigenvalue weighted by Crippen LogP contribution is 2.28. The fourth-order valence-electron chi connectivity index (χ4n) is 2.09. The van der Waals surface area contributed by atoms with Gasteiger partial charge in [-0.15, -0.1) is 0 Å². The van der Waals surface area contributed by atoms with Gasteiger partial charge in [-0.2, -0.15) is 0 Å². The summed E-state index contributed by atoms with van der Waals surface area (Å²) in [5.74, 6) is 0. The van der Waals surface area contributed by atoms with Gasteiger partial charge in [-0.25, -0.2) is 0 Å². The molecule has 2 N–H and O–H groups in total. The zero-order valence-corrected chi connectivity index (χ0v) is 11.8. The molecule has 17 heavy (non-hydrogen) atoms. The molecular weight excluding hydrogens is 276 g/mol. The van der Waals surface area contributed by atoms with Crippen LogP contribution < -0.4 is 5.73 Å². The summed E-state index contributed by atoms with van der Waals surface area (Å²) in [6.07, 6.45) is 3.05. The Kier molecular flexibility index (Phi) is 3.67. The van der Waals surface area contributed by atoms with E-state index in [1.165, 1.54) is 5.56 Å². The number of nitrogens with two attached hydrogens (primary N) is 1. The van der Waals surface area contributed by atoms with Gasteiger partial charge in [0.1, 0.15) is 0 Å². The molecule has 1 heterocycles. The van der Waals surface area contributed by atoms with Gasteiger partial charge < -0.3 is 5.73 Å². The third-order valence-electron chi connectivity index (χ3n) is 2.93. The molecule has 2 aromatic rings. The van der Waals surface area contributed by atoms with Crippen molar-refractivity contribution < 1.29 is 0 Å². The van der Waals surface area contributed by atoms with Crippen LogP contribution in [0.25, 0.3) is 10.9 Å². The van der Waals surface area contributed by atoms with Crippen molar-refractivity contribution in [2.75, 3.05) is 5.73 Å². The van der Waals surface area contributed by atoms with Crippen LogP contribution in [-0.2, 0) is 12.8 Å². The number of anilines is 1. The van der Waals surface area contributed by atoms with Crippen molar-refractivity contribution in [1.29, 1.82) is 0 Å². The molecule has 2 rings (SSSR count). The normalized spacial score (nSPS) is 11.0. The van der Waals surface area contributed by atoms with E-state index in [0.29, 0.717) is 0 Å². The zero-order chi connectivity index (χ0) is 12.4. The van der Waals surface area contributed by atoms with Gasteiger partial charge in [-0.1, -0.05) is 36.2 Å². The highest BCUT2D eigenvalue weighted by atomic mass is 79.9. The van der Waals surface area contributed by atoms with Crippen LogP contribution in [0.4, 0.5) is 5.69 Å². The molecule has 0 aliphatic carbocycles. The van der Waals surface area contributed by atoms with Crippen LogP contribution >= 0.6 is 15.9 Å². The minimum atomic E-state index is 0.828. The Morgan fingerprint density at radius 3 is 2.65 bits per heavy atom. The lowest BCUT2D eigenvalue weighted by Gasteiger charge is -2.10. The summed E-state index contributed by atoms with van der Waals surface area (Å²) < 4.78 is 1.07. The lowest BCUT2D eigenvalue weighted by atomic mass is 10.0. The van der Waals surface area contributed by atoms with E-state index in [0.717, 1.165) is 46.0 Å². The van der Waals surface area contributed by atoms with Gasteiger partial charge in [0.05, 0.1) is 5.52 Å². The average molecular weight is 293 g/mol. The Hall–Kier alpha value is -1.09. The Morgan fingerprint density at radius 2 is 2.00 bits per heavy atom. The molecule has 2 nitrogen and oxygen atoms in total. The minimum absolute atomic E-state index is 0.828. The predicted molar refractivity (Wildman–Crippen MR) is 77.2 cm³/mol. The van der Waals surface area contributed by atoms with E-state index in [4.69, 9.17) is 10.7 Å². The fourth-order valence-corrected chi connectivity index (χ4v) is 2.60. The van der Waals surface area contributed by atoms with Crippen molar-refractivity contribution >= 4 is 32.5 Å². The lowest BCUT2D eigenvalue weighted by Crippen LogP contribution is -1.98. The van der Waals surface area contributed by atoms with Gasteiger partial charge in [0, 0.05) is 21.2 Å². The third-order valence-corrected chi connectivity index (χ3v) is 3.39. The maximum absolute atomic E-state index is 6.12. The van der Waals surface area contributed by atoms with Crippen LogP contribution in [0.1, 0.15) is 31.5 Å². The Balaban J connectivity index is 2.72. The fraction of sp³-hybridized carbons (Fsp3) is 0.357. The van der Waals surface area contributed by atoms with Crippen molar-refractivity contribution in [1.82, 2.24) is 4.98 Å². The number of nitrogens with zero attached hydrogens (tertiary/aromatic N) is 1. The molecule has 0 atom stereocenters. The molecule has 1 aromatic carbocycles. The Morgan fingerprint density at radius 1 is 1.24 bits per heavy atom. The first-order valence-electron chi connectivity index (χ1n) is 6.03. The highest BCUT2D eigenvalue weighted by Gasteiger charge is 2.08. The van der Waals surface area contributed by atoms with Crippen molar-refractivity contribution in [2.24, 2.45) is 0 Å². The molecule has 0 amide bonds. The number of hydrogen-bond donors (Lipinski definition) is 1. The molecule has 0 saturated heterocycles. The zero-order valence-electron chi connectivity index (χ0n) is 10.3. The summed E-state index contributed by atoms with van der Waals surface area (Å²) >= 11 is 3.52. The highest BCUT2D eigenvalue weighted by molar-refractivity contribution is 9.10. The van der Waals surface area contributed by atoms with Crippen LogP contribution in [0.3, 0.4) is 0 Å². The van der Waals surface area contributed by atoms with Crippen molar-refractivity contribution in [3.8, 4) is 0 Å². The van der Waals surface area contributed by atoms with E-state index in [2.05, 4.69) is 35.8 Å². The third kappa shape index (κ3) is 2.44. The lowest BCUT2D eigenvalue weighted by molar-refractivity contribution is 0.889. The van der Waals surface area contributed by atoms with E-state index in [1.807, 2.05) is 12.1 Å². The molecule has 0 spiro atoms. The molecule has 0 aliphatic heterocycles. The molecule has 0 aliphatic rings. The maximum atomic E-state index is 6.12. The van der Waals surface area contributed by atoms with E-state index in [-0.39, 0.29) is 0 Å². The van der Waals surface area contributed by atoms with Crippen molar-refractivity contribution in [2.45, 2.75) is 33.1 Å². The first kappa shape index (κ1) is 12.4. The van der Waals surface area contributed by atoms with Gasteiger partial charge >= 0.3 is 0 Å². The first-order chi connectivity index (χ1) is 8.15. The van der Waals surface area contributed by atoms with Crippen molar-refractivity contribution in [3.63, 3.8) is 0 Å². The van der Waals surface area contributed by atoms with Gasteiger partial charge in [0.2, 0.25) is 0 Å². The second-order valence-corrected chi connectivity index (χ2v) is 5.18. The quantitative estimate of drug-likeness (QED) is 0.925. The number of fused-ring (bicyclic) bond motifs is 1. The van der Waals surface area contributed by atoms with E-state index in [9.17, 15) is 0 Å². The van der Waals surface area contributed by atoms with Crippen LogP contribution in [0.5, 0.6) is 0 Å². The van der Waals surface area contributed by atoms with Gasteiger partial charge in [0.25, 0.3) is 0 Å².